The fourth-order valence-corrected chi connectivity index (χ4v) is 4.94. The van der Waals surface area contributed by atoms with Gasteiger partial charge in [0.15, 0.2) is 11.5 Å². The molecule has 1 aliphatic carbocycles. The summed E-state index contributed by atoms with van der Waals surface area (Å²) in [5, 5.41) is 21.1. The molecule has 1 unspecified atom stereocenters. The highest BCUT2D eigenvalue weighted by Gasteiger charge is 2.34. The molecule has 1 aromatic carbocycles. The molecule has 11 heteroatoms. The molecule has 1 aliphatic heterocycles. The van der Waals surface area contributed by atoms with Crippen LogP contribution in [0, 0.1) is 18.3 Å². The number of hydrogen-bond acceptors (Lipinski definition) is 7. The van der Waals surface area contributed by atoms with Crippen LogP contribution in [0.4, 0.5) is 5.82 Å². The number of aryl methyl sites for hydroxylation is 1. The van der Waals surface area contributed by atoms with Crippen molar-refractivity contribution >= 4 is 29.2 Å². The number of nitrogens with one attached hydrogen (secondary N) is 1. The number of carbonyl (C=O) groups is 2. The first-order chi connectivity index (χ1) is 17.3. The van der Waals surface area contributed by atoms with Crippen LogP contribution in [0.5, 0.6) is 0 Å². The molecular weight excluding hydrogens is 480 g/mol. The maximum Gasteiger partial charge on any atom is 0.273 e. The van der Waals surface area contributed by atoms with E-state index in [0.717, 1.165) is 24.8 Å². The number of amides is 2. The van der Waals surface area contributed by atoms with Crippen molar-refractivity contribution in [3.63, 3.8) is 0 Å². The standard InChI is InChI=1S/C25H25ClN8O2/c1-14-24(33-7-3-4-23(33)35)28-12-21(29-14)15(2)34-13-22(31-32-34)25(36)30-19-8-17(9-19)20-10-18(26)6-5-16(20)11-27/h5-6,10,12-13,15,17,19H,3-4,7-9H2,1-2H3,(H,30,36). The molecule has 2 aliphatic rings. The Balaban J connectivity index is 1.21. The second-order valence-electron chi connectivity index (χ2n) is 9.29. The van der Waals surface area contributed by atoms with E-state index in [0.29, 0.717) is 40.8 Å². The third-order valence-electron chi connectivity index (χ3n) is 6.88. The van der Waals surface area contributed by atoms with Crippen LogP contribution < -0.4 is 10.2 Å². The summed E-state index contributed by atoms with van der Waals surface area (Å²) in [4.78, 5) is 35.6. The van der Waals surface area contributed by atoms with Gasteiger partial charge in [-0.2, -0.15) is 5.26 Å². The Hall–Kier alpha value is -3.84. The predicted octanol–water partition coefficient (Wildman–Crippen LogP) is 3.31. The van der Waals surface area contributed by atoms with Gasteiger partial charge < -0.3 is 5.32 Å². The van der Waals surface area contributed by atoms with E-state index in [1.807, 2.05) is 19.9 Å². The highest BCUT2D eigenvalue weighted by Crippen LogP contribution is 2.39. The summed E-state index contributed by atoms with van der Waals surface area (Å²) in [6, 6.07) is 7.17. The monoisotopic (exact) mass is 504 g/mol. The molecule has 3 heterocycles. The van der Waals surface area contributed by atoms with Crippen molar-refractivity contribution in [2.24, 2.45) is 0 Å². The summed E-state index contributed by atoms with van der Waals surface area (Å²) in [6.07, 6.45) is 6.05. The van der Waals surface area contributed by atoms with E-state index >= 15 is 0 Å². The Bertz CT molecular complexity index is 1370. The van der Waals surface area contributed by atoms with E-state index in [1.165, 1.54) is 0 Å². The van der Waals surface area contributed by atoms with Gasteiger partial charge in [0.25, 0.3) is 5.91 Å². The van der Waals surface area contributed by atoms with Gasteiger partial charge in [-0.15, -0.1) is 5.10 Å². The van der Waals surface area contributed by atoms with Crippen molar-refractivity contribution in [1.29, 1.82) is 5.26 Å². The summed E-state index contributed by atoms with van der Waals surface area (Å²) in [5.74, 6) is 0.537. The molecule has 2 aromatic heterocycles. The number of hydrogen-bond donors (Lipinski definition) is 1. The zero-order valence-corrected chi connectivity index (χ0v) is 20.7. The summed E-state index contributed by atoms with van der Waals surface area (Å²) >= 11 is 6.10. The molecule has 5 rings (SSSR count). The summed E-state index contributed by atoms with van der Waals surface area (Å²) < 4.78 is 1.58. The maximum absolute atomic E-state index is 12.8. The molecule has 3 aromatic rings. The minimum absolute atomic E-state index is 0.00930. The molecule has 36 heavy (non-hydrogen) atoms. The number of nitrogens with zero attached hydrogens (tertiary/aromatic N) is 7. The smallest absolute Gasteiger partial charge is 0.273 e. The number of nitriles is 1. The molecule has 0 radical (unpaired) electrons. The first-order valence-corrected chi connectivity index (χ1v) is 12.3. The largest absolute Gasteiger partial charge is 0.348 e. The van der Waals surface area contributed by atoms with Crippen molar-refractivity contribution in [2.45, 2.75) is 57.5 Å². The van der Waals surface area contributed by atoms with Gasteiger partial charge in [-0.25, -0.2) is 9.67 Å². The Morgan fingerprint density at radius 3 is 2.83 bits per heavy atom. The molecule has 10 nitrogen and oxygen atoms in total. The second kappa shape index (κ2) is 9.66. The van der Waals surface area contributed by atoms with Crippen LogP contribution in [0.25, 0.3) is 0 Å². The molecule has 1 N–H and O–H groups in total. The zero-order chi connectivity index (χ0) is 25.4. The van der Waals surface area contributed by atoms with Crippen LogP contribution in [0.15, 0.2) is 30.6 Å². The lowest BCUT2D eigenvalue weighted by molar-refractivity contribution is -0.117. The minimum atomic E-state index is -0.298. The summed E-state index contributed by atoms with van der Waals surface area (Å²) in [5.41, 5.74) is 3.09. The molecule has 184 valence electrons. The Morgan fingerprint density at radius 2 is 2.14 bits per heavy atom. The van der Waals surface area contributed by atoms with Crippen molar-refractivity contribution in [3.05, 3.63) is 63.8 Å². The summed E-state index contributed by atoms with van der Waals surface area (Å²) in [7, 11) is 0. The van der Waals surface area contributed by atoms with Crippen LogP contribution in [0.2, 0.25) is 5.02 Å². The average molecular weight is 505 g/mol. The van der Waals surface area contributed by atoms with Gasteiger partial charge in [0.05, 0.1) is 41.5 Å². The lowest BCUT2D eigenvalue weighted by Crippen LogP contribution is -2.43. The molecular formula is C25H25ClN8O2. The molecule has 1 saturated heterocycles. The first kappa shape index (κ1) is 23.9. The van der Waals surface area contributed by atoms with Crippen LogP contribution in [-0.2, 0) is 4.79 Å². The number of halogens is 1. The summed E-state index contributed by atoms with van der Waals surface area (Å²) in [6.45, 7) is 4.39. The highest BCUT2D eigenvalue weighted by molar-refractivity contribution is 6.30. The zero-order valence-electron chi connectivity index (χ0n) is 20.0. The average Bonchev–Trinajstić information content (AvgIpc) is 3.50. The van der Waals surface area contributed by atoms with Crippen molar-refractivity contribution < 1.29 is 9.59 Å². The number of carbonyl (C=O) groups excluding carboxylic acids is 2. The molecule has 0 bridgehead atoms. The highest BCUT2D eigenvalue weighted by atomic mass is 35.5. The Morgan fingerprint density at radius 1 is 1.33 bits per heavy atom. The van der Waals surface area contributed by atoms with E-state index in [1.54, 1.807) is 34.1 Å². The predicted molar refractivity (Wildman–Crippen MR) is 132 cm³/mol. The van der Waals surface area contributed by atoms with Gasteiger partial charge in [-0.3, -0.25) is 19.5 Å². The molecule has 2 fully saturated rings. The number of aromatic nitrogens is 5. The number of benzene rings is 1. The lowest BCUT2D eigenvalue weighted by atomic mass is 9.74. The molecule has 1 atom stereocenters. The van der Waals surface area contributed by atoms with E-state index in [9.17, 15) is 14.9 Å². The number of anilines is 1. The maximum atomic E-state index is 12.8. The van der Waals surface area contributed by atoms with Crippen LogP contribution >= 0.6 is 11.6 Å². The molecule has 1 saturated carbocycles. The van der Waals surface area contributed by atoms with E-state index < -0.39 is 0 Å². The van der Waals surface area contributed by atoms with E-state index in [2.05, 4.69) is 31.7 Å². The quantitative estimate of drug-likeness (QED) is 0.545. The van der Waals surface area contributed by atoms with E-state index in [-0.39, 0.29) is 35.5 Å². The minimum Gasteiger partial charge on any atom is -0.348 e. The van der Waals surface area contributed by atoms with Gasteiger partial charge in [0, 0.05) is 24.0 Å². The fourth-order valence-electron chi connectivity index (χ4n) is 4.76. The lowest BCUT2D eigenvalue weighted by Gasteiger charge is -2.36. The van der Waals surface area contributed by atoms with Gasteiger partial charge in [0.1, 0.15) is 0 Å². The molecule has 0 spiro atoms. The van der Waals surface area contributed by atoms with Gasteiger partial charge in [-0.05, 0) is 62.8 Å². The first-order valence-electron chi connectivity index (χ1n) is 11.9. The number of rotatable bonds is 6. The fraction of sp³-hybridized carbons (Fsp3) is 0.400. The van der Waals surface area contributed by atoms with Crippen LogP contribution in [0.3, 0.4) is 0 Å². The Kier molecular flexibility index (Phi) is 6.41. The van der Waals surface area contributed by atoms with Gasteiger partial charge >= 0.3 is 0 Å². The van der Waals surface area contributed by atoms with Crippen molar-refractivity contribution in [1.82, 2.24) is 30.3 Å². The van der Waals surface area contributed by atoms with E-state index in [4.69, 9.17) is 11.6 Å². The second-order valence-corrected chi connectivity index (χ2v) is 9.73. The molecule has 2 amide bonds. The van der Waals surface area contributed by atoms with Crippen molar-refractivity contribution in [2.75, 3.05) is 11.4 Å². The van der Waals surface area contributed by atoms with Gasteiger partial charge in [0.2, 0.25) is 5.91 Å². The third-order valence-corrected chi connectivity index (χ3v) is 7.12. The van der Waals surface area contributed by atoms with Crippen LogP contribution in [-0.4, -0.2) is 49.4 Å². The van der Waals surface area contributed by atoms with Gasteiger partial charge in [-0.1, -0.05) is 16.8 Å². The third kappa shape index (κ3) is 4.54. The Labute approximate surface area is 213 Å². The van der Waals surface area contributed by atoms with Crippen molar-refractivity contribution in [3.8, 4) is 6.07 Å². The topological polar surface area (TPSA) is 130 Å². The van der Waals surface area contributed by atoms with Crippen LogP contribution in [0.1, 0.15) is 77.6 Å². The normalized spacial score (nSPS) is 20.1. The SMILES string of the molecule is Cc1nc(C(C)n2cc(C(=O)NC3CC(c4cc(Cl)ccc4C#N)C3)nn2)cnc1N1CCCC1=O.